The van der Waals surface area contributed by atoms with Crippen molar-refractivity contribution in [3.8, 4) is 5.75 Å². The fraction of sp³-hybridized carbons (Fsp3) is 0.435. The first-order valence-electron chi connectivity index (χ1n) is 10.0. The van der Waals surface area contributed by atoms with Crippen LogP contribution in [0.3, 0.4) is 0 Å². The first kappa shape index (κ1) is 18.1. The first-order chi connectivity index (χ1) is 13.3. The summed E-state index contributed by atoms with van der Waals surface area (Å²) in [6, 6.07) is 19.2. The predicted molar refractivity (Wildman–Crippen MR) is 108 cm³/mol. The predicted octanol–water partition coefficient (Wildman–Crippen LogP) is 4.46. The molecule has 0 aromatic heterocycles. The Balaban J connectivity index is 1.27. The molecule has 0 amide bonds. The average molecular weight is 364 g/mol. The minimum atomic E-state index is 0.0881. The Labute approximate surface area is 161 Å². The zero-order chi connectivity index (χ0) is 18.5. The molecule has 4 rings (SSSR count). The molecule has 142 valence electrons. The molecule has 4 heteroatoms. The summed E-state index contributed by atoms with van der Waals surface area (Å²) in [4.78, 5) is 7.29. The highest BCUT2D eigenvalue weighted by atomic mass is 16.5. The molecule has 2 atom stereocenters. The van der Waals surface area contributed by atoms with E-state index < -0.39 is 0 Å². The molecule has 0 aliphatic carbocycles. The van der Waals surface area contributed by atoms with Crippen LogP contribution in [0.15, 0.2) is 59.6 Å². The second-order valence-corrected chi connectivity index (χ2v) is 7.43. The number of likely N-dealkylation sites (tertiary alicyclic amines) is 1. The number of rotatable bonds is 7. The van der Waals surface area contributed by atoms with Crippen molar-refractivity contribution in [2.45, 2.75) is 38.3 Å². The lowest BCUT2D eigenvalue weighted by molar-refractivity contribution is 0.230. The van der Waals surface area contributed by atoms with Gasteiger partial charge in [-0.1, -0.05) is 30.3 Å². The molecule has 1 unspecified atom stereocenters. The van der Waals surface area contributed by atoms with Crippen LogP contribution in [0.1, 0.15) is 43.4 Å². The van der Waals surface area contributed by atoms with Crippen LogP contribution in [0.5, 0.6) is 5.75 Å². The van der Waals surface area contributed by atoms with Gasteiger partial charge in [-0.05, 0) is 62.6 Å². The lowest BCUT2D eigenvalue weighted by atomic mass is 10.1. The number of ether oxygens (including phenoxy) is 2. The smallest absolute Gasteiger partial charge is 0.216 e. The maximum absolute atomic E-state index is 5.90. The van der Waals surface area contributed by atoms with E-state index in [0.29, 0.717) is 6.61 Å². The molecule has 2 aromatic rings. The van der Waals surface area contributed by atoms with E-state index in [0.717, 1.165) is 42.8 Å². The van der Waals surface area contributed by atoms with Gasteiger partial charge in [0, 0.05) is 18.2 Å². The Morgan fingerprint density at radius 2 is 1.93 bits per heavy atom. The minimum Gasteiger partial charge on any atom is -0.494 e. The molecule has 2 aliphatic rings. The third-order valence-corrected chi connectivity index (χ3v) is 5.49. The van der Waals surface area contributed by atoms with Crippen LogP contribution in [0.2, 0.25) is 0 Å². The van der Waals surface area contributed by atoms with Crippen molar-refractivity contribution < 1.29 is 9.47 Å². The highest BCUT2D eigenvalue weighted by Gasteiger charge is 2.21. The van der Waals surface area contributed by atoms with Gasteiger partial charge >= 0.3 is 0 Å². The zero-order valence-corrected chi connectivity index (χ0v) is 16.0. The van der Waals surface area contributed by atoms with Gasteiger partial charge in [-0.15, -0.1) is 0 Å². The number of nitrogens with zero attached hydrogens (tertiary/aromatic N) is 2. The summed E-state index contributed by atoms with van der Waals surface area (Å²) in [5, 5.41) is 0. The Bertz CT molecular complexity index is 758. The van der Waals surface area contributed by atoms with E-state index in [1.54, 1.807) is 0 Å². The third-order valence-electron chi connectivity index (χ3n) is 5.49. The van der Waals surface area contributed by atoms with E-state index >= 15 is 0 Å². The van der Waals surface area contributed by atoms with Crippen molar-refractivity contribution in [3.63, 3.8) is 0 Å². The average Bonchev–Trinajstić information content (AvgIpc) is 3.36. The Hall–Kier alpha value is -2.33. The number of hydrogen-bond donors (Lipinski definition) is 0. The largest absolute Gasteiger partial charge is 0.494 e. The van der Waals surface area contributed by atoms with Crippen LogP contribution in [0.4, 0.5) is 0 Å². The van der Waals surface area contributed by atoms with Crippen LogP contribution in [0.25, 0.3) is 0 Å². The summed E-state index contributed by atoms with van der Waals surface area (Å²) in [5.41, 5.74) is 2.20. The maximum atomic E-state index is 5.90. The molecule has 2 heterocycles. The highest BCUT2D eigenvalue weighted by molar-refractivity contribution is 5.95. The lowest BCUT2D eigenvalue weighted by Crippen LogP contribution is -2.28. The molecule has 2 aliphatic heterocycles. The topological polar surface area (TPSA) is 34.1 Å². The van der Waals surface area contributed by atoms with Crippen molar-refractivity contribution in [2.75, 3.05) is 26.3 Å². The van der Waals surface area contributed by atoms with Gasteiger partial charge in [0.15, 0.2) is 0 Å². The highest BCUT2D eigenvalue weighted by Crippen LogP contribution is 2.25. The molecule has 0 bridgehead atoms. The van der Waals surface area contributed by atoms with Crippen molar-refractivity contribution >= 4 is 5.90 Å². The number of aliphatic imine (C=N–C) groups is 1. The van der Waals surface area contributed by atoms with Gasteiger partial charge in [0.2, 0.25) is 5.90 Å². The van der Waals surface area contributed by atoms with Crippen LogP contribution in [-0.4, -0.2) is 43.1 Å². The van der Waals surface area contributed by atoms with Crippen molar-refractivity contribution in [1.82, 2.24) is 4.90 Å². The number of benzene rings is 2. The molecule has 27 heavy (non-hydrogen) atoms. The van der Waals surface area contributed by atoms with Gasteiger partial charge in [-0.25, -0.2) is 4.99 Å². The maximum Gasteiger partial charge on any atom is 0.216 e. The van der Waals surface area contributed by atoms with E-state index in [2.05, 4.69) is 24.0 Å². The Morgan fingerprint density at radius 1 is 1.11 bits per heavy atom. The summed E-state index contributed by atoms with van der Waals surface area (Å²) >= 11 is 0. The minimum absolute atomic E-state index is 0.0881. The molecule has 4 nitrogen and oxygen atoms in total. The SMILES string of the molecule is CC1CCCN1CCCOc1ccc(C2=N[C@@H](c3ccccc3)CO2)cc1. The summed E-state index contributed by atoms with van der Waals surface area (Å²) in [5.74, 6) is 1.63. The fourth-order valence-corrected chi connectivity index (χ4v) is 3.85. The number of hydrogen-bond acceptors (Lipinski definition) is 4. The first-order valence-corrected chi connectivity index (χ1v) is 10.0. The molecular weight excluding hydrogens is 336 g/mol. The second-order valence-electron chi connectivity index (χ2n) is 7.43. The molecule has 0 spiro atoms. The van der Waals surface area contributed by atoms with Crippen molar-refractivity contribution in [3.05, 3.63) is 65.7 Å². The van der Waals surface area contributed by atoms with Gasteiger partial charge in [-0.3, -0.25) is 0 Å². The van der Waals surface area contributed by atoms with E-state index in [1.807, 2.05) is 42.5 Å². The van der Waals surface area contributed by atoms with E-state index in [4.69, 9.17) is 14.5 Å². The van der Waals surface area contributed by atoms with Crippen LogP contribution >= 0.6 is 0 Å². The quantitative estimate of drug-likeness (QED) is 0.680. The van der Waals surface area contributed by atoms with Gasteiger partial charge in [0.25, 0.3) is 0 Å². The van der Waals surface area contributed by atoms with Gasteiger partial charge < -0.3 is 14.4 Å². The molecular formula is C23H28N2O2. The zero-order valence-electron chi connectivity index (χ0n) is 16.0. The molecule has 0 N–H and O–H groups in total. The summed E-state index contributed by atoms with van der Waals surface area (Å²) in [7, 11) is 0. The van der Waals surface area contributed by atoms with Crippen LogP contribution in [0, 0.1) is 0 Å². The molecule has 1 saturated heterocycles. The monoisotopic (exact) mass is 364 g/mol. The van der Waals surface area contributed by atoms with E-state index in [-0.39, 0.29) is 6.04 Å². The Morgan fingerprint density at radius 3 is 2.67 bits per heavy atom. The molecule has 2 aromatic carbocycles. The normalized spacial score (nSPS) is 22.5. The third kappa shape index (κ3) is 4.51. The molecule has 0 radical (unpaired) electrons. The Kier molecular flexibility index (Phi) is 5.73. The van der Waals surface area contributed by atoms with Gasteiger partial charge in [0.1, 0.15) is 18.4 Å². The lowest BCUT2D eigenvalue weighted by Gasteiger charge is -2.20. The van der Waals surface area contributed by atoms with Crippen molar-refractivity contribution in [2.24, 2.45) is 4.99 Å². The molecule has 0 saturated carbocycles. The van der Waals surface area contributed by atoms with Gasteiger partial charge in [0.05, 0.1) is 6.61 Å². The second kappa shape index (κ2) is 8.57. The fourth-order valence-electron chi connectivity index (χ4n) is 3.85. The van der Waals surface area contributed by atoms with Crippen LogP contribution in [-0.2, 0) is 4.74 Å². The van der Waals surface area contributed by atoms with Crippen molar-refractivity contribution in [1.29, 1.82) is 0 Å². The van der Waals surface area contributed by atoms with E-state index in [1.165, 1.54) is 24.9 Å². The standard InChI is InChI=1S/C23H28N2O2/c1-18-7-5-14-25(18)15-6-16-26-21-12-10-20(11-13-21)23-24-22(17-27-23)19-8-3-2-4-9-19/h2-4,8-13,18,22H,5-7,14-17H2,1H3/t18?,22-/m1/s1. The summed E-state index contributed by atoms with van der Waals surface area (Å²) in [6.07, 6.45) is 3.74. The summed E-state index contributed by atoms with van der Waals surface area (Å²) in [6.45, 7) is 6.05. The molecule has 1 fully saturated rings. The van der Waals surface area contributed by atoms with Crippen LogP contribution < -0.4 is 4.74 Å². The van der Waals surface area contributed by atoms with E-state index in [9.17, 15) is 0 Å². The van der Waals surface area contributed by atoms with Gasteiger partial charge in [-0.2, -0.15) is 0 Å². The summed E-state index contributed by atoms with van der Waals surface area (Å²) < 4.78 is 11.7.